The van der Waals surface area contributed by atoms with E-state index in [2.05, 4.69) is 20.3 Å². The Morgan fingerprint density at radius 1 is 1.15 bits per heavy atom. The molecule has 8 nitrogen and oxygen atoms in total. The zero-order valence-electron chi connectivity index (χ0n) is 14.6. The number of nitrogens with one attached hydrogen (secondary N) is 1. The molecule has 3 aromatic heterocycles. The summed E-state index contributed by atoms with van der Waals surface area (Å²) in [5.41, 5.74) is 3.81. The lowest BCUT2D eigenvalue weighted by Gasteiger charge is -2.03. The van der Waals surface area contributed by atoms with Gasteiger partial charge in [0.05, 0.1) is 5.69 Å². The minimum atomic E-state index is -0.287. The second kappa shape index (κ2) is 6.23. The average molecular weight is 351 g/mol. The summed E-state index contributed by atoms with van der Waals surface area (Å²) >= 11 is 0. The highest BCUT2D eigenvalue weighted by Gasteiger charge is 2.21. The Morgan fingerprint density at radius 3 is 2.65 bits per heavy atom. The van der Waals surface area contributed by atoms with Crippen LogP contribution in [0.5, 0.6) is 0 Å². The summed E-state index contributed by atoms with van der Waals surface area (Å²) in [6.45, 7) is 3.85. The van der Waals surface area contributed by atoms with E-state index in [0.717, 1.165) is 16.8 Å². The monoisotopic (exact) mass is 351 g/mol. The molecule has 0 bridgehead atoms. The average Bonchev–Trinajstić information content (AvgIpc) is 3.20. The van der Waals surface area contributed by atoms with Crippen LogP contribution in [0.25, 0.3) is 28.2 Å². The quantitative estimate of drug-likeness (QED) is 0.606. The molecule has 8 heteroatoms. The van der Waals surface area contributed by atoms with Crippen molar-refractivity contribution in [2.75, 3.05) is 7.11 Å². The molecule has 0 radical (unpaired) electrons. The first-order valence-electron chi connectivity index (χ1n) is 8.09. The van der Waals surface area contributed by atoms with Gasteiger partial charge in [-0.1, -0.05) is 30.3 Å². The number of H-pyrrole nitrogens is 1. The van der Waals surface area contributed by atoms with Crippen molar-refractivity contribution in [1.29, 1.82) is 0 Å². The first-order chi connectivity index (χ1) is 12.6. The first-order valence-corrected chi connectivity index (χ1v) is 8.09. The van der Waals surface area contributed by atoms with Gasteiger partial charge in [0.25, 0.3) is 11.4 Å². The van der Waals surface area contributed by atoms with Crippen molar-refractivity contribution in [2.45, 2.75) is 20.5 Å². The van der Waals surface area contributed by atoms with E-state index >= 15 is 0 Å². The predicted molar refractivity (Wildman–Crippen MR) is 94.7 cm³/mol. The van der Waals surface area contributed by atoms with Crippen molar-refractivity contribution in [3.05, 3.63) is 58.0 Å². The molecule has 0 aliphatic heterocycles. The number of nitrogens with zero attached hydrogens (tertiary/aromatic N) is 4. The molecular weight excluding hydrogens is 334 g/mol. The van der Waals surface area contributed by atoms with Crippen LogP contribution in [0.1, 0.15) is 17.3 Å². The number of benzene rings is 1. The number of methoxy groups -OCH3 is 1. The van der Waals surface area contributed by atoms with Crippen molar-refractivity contribution in [1.82, 2.24) is 24.8 Å². The van der Waals surface area contributed by atoms with Crippen LogP contribution >= 0.6 is 0 Å². The number of aryl methyl sites for hydroxylation is 2. The van der Waals surface area contributed by atoms with E-state index in [1.807, 2.05) is 37.3 Å². The molecule has 3 heterocycles. The Hall–Kier alpha value is -3.26. The molecule has 0 spiro atoms. The van der Waals surface area contributed by atoms with Crippen molar-refractivity contribution >= 4 is 5.65 Å². The Balaban J connectivity index is 1.94. The highest BCUT2D eigenvalue weighted by Crippen LogP contribution is 2.27. The van der Waals surface area contributed by atoms with E-state index in [0.29, 0.717) is 17.2 Å². The van der Waals surface area contributed by atoms with E-state index in [9.17, 15) is 4.79 Å². The van der Waals surface area contributed by atoms with E-state index in [4.69, 9.17) is 9.15 Å². The standard InChI is InChI=1S/C18H17N5O3/c1-10-15(17-21-20-13(26-17)9-25-3)18(24)23-16(19-10)14(11(2)22-23)12-7-5-4-6-8-12/h4-8,22H,9H2,1-3H3. The smallest absolute Gasteiger partial charge is 0.285 e. The topological polar surface area (TPSA) is 98.3 Å². The van der Waals surface area contributed by atoms with Crippen LogP contribution in [0.15, 0.2) is 39.5 Å². The van der Waals surface area contributed by atoms with E-state index in [1.165, 1.54) is 11.6 Å². The van der Waals surface area contributed by atoms with Gasteiger partial charge in [0.15, 0.2) is 5.65 Å². The number of aromatic amines is 1. The van der Waals surface area contributed by atoms with Gasteiger partial charge in [0.1, 0.15) is 12.2 Å². The van der Waals surface area contributed by atoms with Crippen molar-refractivity contribution in [3.63, 3.8) is 0 Å². The highest BCUT2D eigenvalue weighted by molar-refractivity contribution is 5.80. The molecule has 0 aliphatic carbocycles. The maximum Gasteiger partial charge on any atom is 0.285 e. The number of ether oxygens (including phenoxy) is 1. The Kier molecular flexibility index (Phi) is 3.89. The highest BCUT2D eigenvalue weighted by atomic mass is 16.5. The number of hydrogen-bond donors (Lipinski definition) is 1. The van der Waals surface area contributed by atoms with Crippen LogP contribution in [0, 0.1) is 13.8 Å². The van der Waals surface area contributed by atoms with Crippen LogP contribution < -0.4 is 5.56 Å². The summed E-state index contributed by atoms with van der Waals surface area (Å²) in [5.74, 6) is 0.439. The second-order valence-electron chi connectivity index (χ2n) is 5.95. The third-order valence-corrected chi connectivity index (χ3v) is 4.15. The Labute approximate surface area is 148 Å². The number of hydrogen-bond acceptors (Lipinski definition) is 6. The third kappa shape index (κ3) is 2.51. The SMILES string of the molecule is COCc1nnc(-c2c(C)nc3c(-c4ccccc4)c(C)[nH]n3c2=O)o1. The summed E-state index contributed by atoms with van der Waals surface area (Å²) in [5, 5.41) is 10.9. The molecule has 0 saturated carbocycles. The summed E-state index contributed by atoms with van der Waals surface area (Å²) in [7, 11) is 1.53. The van der Waals surface area contributed by atoms with Gasteiger partial charge >= 0.3 is 0 Å². The van der Waals surface area contributed by atoms with Gasteiger partial charge in [-0.2, -0.15) is 0 Å². The number of aromatic nitrogens is 5. The van der Waals surface area contributed by atoms with Crippen LogP contribution in [0.3, 0.4) is 0 Å². The zero-order valence-corrected chi connectivity index (χ0v) is 14.6. The van der Waals surface area contributed by atoms with Gasteiger partial charge in [0.2, 0.25) is 5.89 Å². The van der Waals surface area contributed by atoms with E-state index < -0.39 is 0 Å². The third-order valence-electron chi connectivity index (χ3n) is 4.15. The van der Waals surface area contributed by atoms with Crippen molar-refractivity contribution < 1.29 is 9.15 Å². The van der Waals surface area contributed by atoms with Gasteiger partial charge in [-0.3, -0.25) is 9.89 Å². The summed E-state index contributed by atoms with van der Waals surface area (Å²) in [6, 6.07) is 9.83. The molecule has 26 heavy (non-hydrogen) atoms. The molecule has 0 amide bonds. The minimum Gasteiger partial charge on any atom is -0.418 e. The first kappa shape index (κ1) is 16.2. The molecule has 4 aromatic rings. The van der Waals surface area contributed by atoms with E-state index in [-0.39, 0.29) is 23.6 Å². The lowest BCUT2D eigenvalue weighted by atomic mass is 10.1. The summed E-state index contributed by atoms with van der Waals surface area (Å²) in [4.78, 5) is 17.7. The molecule has 0 atom stereocenters. The van der Waals surface area contributed by atoms with Crippen molar-refractivity contribution in [3.8, 4) is 22.6 Å². The van der Waals surface area contributed by atoms with Gasteiger partial charge < -0.3 is 9.15 Å². The molecule has 0 saturated heterocycles. The lowest BCUT2D eigenvalue weighted by Crippen LogP contribution is -2.19. The fraction of sp³-hybridized carbons (Fsp3) is 0.222. The maximum absolute atomic E-state index is 13.0. The zero-order chi connectivity index (χ0) is 18.3. The van der Waals surface area contributed by atoms with Gasteiger partial charge in [-0.15, -0.1) is 10.2 Å². The normalized spacial score (nSPS) is 11.3. The van der Waals surface area contributed by atoms with Gasteiger partial charge in [-0.05, 0) is 19.4 Å². The van der Waals surface area contributed by atoms with Crippen LogP contribution in [0.4, 0.5) is 0 Å². The fourth-order valence-corrected chi connectivity index (χ4v) is 3.02. The number of rotatable bonds is 4. The van der Waals surface area contributed by atoms with Crippen LogP contribution in [0.2, 0.25) is 0 Å². The van der Waals surface area contributed by atoms with Gasteiger partial charge in [0, 0.05) is 18.4 Å². The van der Waals surface area contributed by atoms with Gasteiger partial charge in [-0.25, -0.2) is 9.50 Å². The molecule has 1 N–H and O–H groups in total. The summed E-state index contributed by atoms with van der Waals surface area (Å²) in [6.07, 6.45) is 0. The van der Waals surface area contributed by atoms with Crippen LogP contribution in [-0.4, -0.2) is 31.9 Å². The molecular formula is C18H17N5O3. The molecule has 4 rings (SSSR count). The number of fused-ring (bicyclic) bond motifs is 1. The lowest BCUT2D eigenvalue weighted by molar-refractivity contribution is 0.160. The molecule has 132 valence electrons. The largest absolute Gasteiger partial charge is 0.418 e. The minimum absolute atomic E-state index is 0.134. The molecule has 0 aliphatic rings. The molecule has 1 aromatic carbocycles. The van der Waals surface area contributed by atoms with Crippen LogP contribution in [-0.2, 0) is 11.3 Å². The predicted octanol–water partition coefficient (Wildman–Crippen LogP) is 2.50. The molecule has 0 unspecified atom stereocenters. The Morgan fingerprint density at radius 2 is 1.92 bits per heavy atom. The second-order valence-corrected chi connectivity index (χ2v) is 5.95. The molecule has 0 fully saturated rings. The Bertz CT molecular complexity index is 1140. The van der Waals surface area contributed by atoms with E-state index in [1.54, 1.807) is 6.92 Å². The van der Waals surface area contributed by atoms with Crippen molar-refractivity contribution in [2.24, 2.45) is 0 Å². The summed E-state index contributed by atoms with van der Waals surface area (Å²) < 4.78 is 11.9. The fourth-order valence-electron chi connectivity index (χ4n) is 3.02. The maximum atomic E-state index is 13.0.